The van der Waals surface area contributed by atoms with E-state index in [0.717, 1.165) is 16.2 Å². The Morgan fingerprint density at radius 1 is 1.06 bits per heavy atom. The number of phenols is 2. The number of thioether (sulfide) groups is 1. The van der Waals surface area contributed by atoms with Gasteiger partial charge in [0, 0.05) is 22.1 Å². The minimum Gasteiger partial charge on any atom is -0.508 e. The van der Waals surface area contributed by atoms with Gasteiger partial charge in [-0.05, 0) is 60.7 Å². The largest absolute Gasteiger partial charge is 0.508 e. The highest BCUT2D eigenvalue weighted by atomic mass is 79.9. The predicted molar refractivity (Wildman–Crippen MR) is 137 cm³/mol. The first kappa shape index (κ1) is 23.5. The average Bonchev–Trinajstić information content (AvgIpc) is 3.12. The fourth-order valence-corrected chi connectivity index (χ4v) is 4.51. The maximum atomic E-state index is 13.2. The Bertz CT molecular complexity index is 1260. The van der Waals surface area contributed by atoms with E-state index in [4.69, 9.17) is 0 Å². The van der Waals surface area contributed by atoms with Crippen molar-refractivity contribution in [3.63, 3.8) is 0 Å². The summed E-state index contributed by atoms with van der Waals surface area (Å²) in [6.45, 7) is 0. The SMILES string of the molecule is O=C(CC1SC(=N/N=C/c2ccccc2O)N(c2ccc(O)cc2)C1=O)Nc1ccc(Br)cc1. The minimum absolute atomic E-state index is 0.0551. The number of phenolic OH excluding ortho intramolecular Hbond substituents is 2. The molecule has 0 spiro atoms. The van der Waals surface area contributed by atoms with Gasteiger partial charge in [-0.25, -0.2) is 0 Å². The maximum absolute atomic E-state index is 13.2. The van der Waals surface area contributed by atoms with Crippen LogP contribution in [0.5, 0.6) is 11.5 Å². The van der Waals surface area contributed by atoms with Gasteiger partial charge in [-0.3, -0.25) is 14.5 Å². The molecule has 0 aliphatic carbocycles. The molecule has 1 saturated heterocycles. The number of carbonyl (C=O) groups is 2. The maximum Gasteiger partial charge on any atom is 0.247 e. The molecule has 0 bridgehead atoms. The number of amides is 2. The summed E-state index contributed by atoms with van der Waals surface area (Å²) in [6, 6.07) is 19.9. The Labute approximate surface area is 208 Å². The molecule has 1 unspecified atom stereocenters. The summed E-state index contributed by atoms with van der Waals surface area (Å²) >= 11 is 4.48. The van der Waals surface area contributed by atoms with E-state index in [-0.39, 0.29) is 34.9 Å². The third kappa shape index (κ3) is 5.64. The molecule has 3 aromatic carbocycles. The Hall–Kier alpha value is -3.63. The van der Waals surface area contributed by atoms with Crippen LogP contribution in [0.25, 0.3) is 0 Å². The summed E-state index contributed by atoms with van der Waals surface area (Å²) in [7, 11) is 0. The molecular formula is C24H19BrN4O4S. The van der Waals surface area contributed by atoms with E-state index in [2.05, 4.69) is 31.4 Å². The van der Waals surface area contributed by atoms with Crippen LogP contribution in [0, 0.1) is 0 Å². The van der Waals surface area contributed by atoms with Gasteiger partial charge in [-0.15, -0.1) is 5.10 Å². The average molecular weight is 539 g/mol. The smallest absolute Gasteiger partial charge is 0.247 e. The standard InChI is InChI=1S/C24H19BrN4O4S/c25-16-5-7-17(8-6-16)27-22(32)13-21-23(33)29(18-9-11-19(30)12-10-18)24(34-21)28-26-14-15-3-1-2-4-20(15)31/h1-12,14,21,30-31H,13H2,(H,27,32)/b26-14+,28-24?. The van der Waals surface area contributed by atoms with Gasteiger partial charge in [0.2, 0.25) is 11.8 Å². The van der Waals surface area contributed by atoms with Gasteiger partial charge in [0.25, 0.3) is 0 Å². The third-order valence-corrected chi connectivity index (χ3v) is 6.47. The molecule has 1 aliphatic heterocycles. The first-order chi connectivity index (χ1) is 16.4. The molecule has 1 atom stereocenters. The number of aromatic hydroxyl groups is 2. The van der Waals surface area contributed by atoms with E-state index in [1.54, 1.807) is 42.5 Å². The van der Waals surface area contributed by atoms with Crippen LogP contribution in [0.2, 0.25) is 0 Å². The van der Waals surface area contributed by atoms with Gasteiger partial charge >= 0.3 is 0 Å². The number of nitrogens with zero attached hydrogens (tertiary/aromatic N) is 3. The highest BCUT2D eigenvalue weighted by Crippen LogP contribution is 2.34. The zero-order valence-corrected chi connectivity index (χ0v) is 20.0. The third-order valence-electron chi connectivity index (χ3n) is 4.82. The molecule has 2 amide bonds. The van der Waals surface area contributed by atoms with E-state index < -0.39 is 5.25 Å². The first-order valence-electron chi connectivity index (χ1n) is 10.1. The number of amidine groups is 1. The Morgan fingerprint density at radius 3 is 2.47 bits per heavy atom. The molecule has 1 heterocycles. The van der Waals surface area contributed by atoms with Crippen LogP contribution in [0.15, 0.2) is 87.5 Å². The summed E-state index contributed by atoms with van der Waals surface area (Å²) in [5.74, 6) is -0.514. The molecule has 1 fully saturated rings. The van der Waals surface area contributed by atoms with Crippen LogP contribution >= 0.6 is 27.7 Å². The van der Waals surface area contributed by atoms with Crippen molar-refractivity contribution in [1.82, 2.24) is 0 Å². The molecule has 8 nitrogen and oxygen atoms in total. The van der Waals surface area contributed by atoms with Gasteiger partial charge in [-0.2, -0.15) is 5.10 Å². The molecule has 0 aromatic heterocycles. The number of benzene rings is 3. The summed E-state index contributed by atoms with van der Waals surface area (Å²) in [5, 5.41) is 30.1. The molecule has 0 radical (unpaired) electrons. The zero-order valence-electron chi connectivity index (χ0n) is 17.6. The number of rotatable bonds is 6. The lowest BCUT2D eigenvalue weighted by atomic mass is 10.2. The number of nitrogens with one attached hydrogen (secondary N) is 1. The Balaban J connectivity index is 1.55. The molecule has 34 heavy (non-hydrogen) atoms. The highest BCUT2D eigenvalue weighted by molar-refractivity contribution is 9.10. The predicted octanol–water partition coefficient (Wildman–Crippen LogP) is 4.73. The Morgan fingerprint density at radius 2 is 1.76 bits per heavy atom. The van der Waals surface area contributed by atoms with Gasteiger partial charge in [-0.1, -0.05) is 39.8 Å². The number of para-hydroxylation sites is 1. The fourth-order valence-electron chi connectivity index (χ4n) is 3.16. The lowest BCUT2D eigenvalue weighted by Crippen LogP contribution is -2.33. The van der Waals surface area contributed by atoms with Crippen LogP contribution in [-0.2, 0) is 9.59 Å². The van der Waals surface area contributed by atoms with E-state index >= 15 is 0 Å². The molecule has 1 aliphatic rings. The second-order valence-electron chi connectivity index (χ2n) is 7.24. The van der Waals surface area contributed by atoms with Crippen LogP contribution < -0.4 is 10.2 Å². The number of hydrogen-bond donors (Lipinski definition) is 3. The van der Waals surface area contributed by atoms with Crippen molar-refractivity contribution in [2.45, 2.75) is 11.7 Å². The van der Waals surface area contributed by atoms with Crippen molar-refractivity contribution in [1.29, 1.82) is 0 Å². The normalized spacial score (nSPS) is 17.0. The second-order valence-corrected chi connectivity index (χ2v) is 9.33. The van der Waals surface area contributed by atoms with Crippen molar-refractivity contribution in [3.05, 3.63) is 82.8 Å². The van der Waals surface area contributed by atoms with Gasteiger partial charge in [0.05, 0.1) is 11.9 Å². The van der Waals surface area contributed by atoms with E-state index in [9.17, 15) is 19.8 Å². The van der Waals surface area contributed by atoms with Crippen molar-refractivity contribution in [2.24, 2.45) is 10.2 Å². The van der Waals surface area contributed by atoms with Crippen LogP contribution in [-0.4, -0.2) is 38.7 Å². The second kappa shape index (κ2) is 10.5. The number of anilines is 2. The van der Waals surface area contributed by atoms with Gasteiger partial charge in [0.15, 0.2) is 5.17 Å². The fraction of sp³-hybridized carbons (Fsp3) is 0.0833. The van der Waals surface area contributed by atoms with Gasteiger partial charge in [0.1, 0.15) is 16.7 Å². The molecule has 10 heteroatoms. The molecule has 0 saturated carbocycles. The van der Waals surface area contributed by atoms with Crippen molar-refractivity contribution < 1.29 is 19.8 Å². The summed E-state index contributed by atoms with van der Waals surface area (Å²) in [6.07, 6.45) is 1.33. The lowest BCUT2D eigenvalue weighted by Gasteiger charge is -2.16. The van der Waals surface area contributed by atoms with E-state index in [1.165, 1.54) is 29.3 Å². The summed E-state index contributed by atoms with van der Waals surface area (Å²) < 4.78 is 0.891. The first-order valence-corrected chi connectivity index (χ1v) is 11.8. The Kier molecular flexibility index (Phi) is 7.29. The van der Waals surface area contributed by atoms with Crippen LogP contribution in [0.4, 0.5) is 11.4 Å². The number of carbonyl (C=O) groups excluding carboxylic acids is 2. The topological polar surface area (TPSA) is 115 Å². The number of halogens is 1. The number of hydrogen-bond acceptors (Lipinski definition) is 7. The molecule has 4 rings (SSSR count). The van der Waals surface area contributed by atoms with E-state index in [1.807, 2.05) is 12.1 Å². The summed E-state index contributed by atoms with van der Waals surface area (Å²) in [4.78, 5) is 27.2. The van der Waals surface area contributed by atoms with E-state index in [0.29, 0.717) is 16.9 Å². The molecule has 3 N–H and O–H groups in total. The monoisotopic (exact) mass is 538 g/mol. The van der Waals surface area contributed by atoms with Crippen LogP contribution in [0.1, 0.15) is 12.0 Å². The minimum atomic E-state index is -0.705. The highest BCUT2D eigenvalue weighted by Gasteiger charge is 2.40. The summed E-state index contributed by atoms with van der Waals surface area (Å²) in [5.41, 5.74) is 1.59. The quantitative estimate of drug-likeness (QED) is 0.310. The van der Waals surface area contributed by atoms with Crippen molar-refractivity contribution in [3.8, 4) is 11.5 Å². The lowest BCUT2D eigenvalue weighted by molar-refractivity contribution is -0.121. The molecule has 3 aromatic rings. The molecular weight excluding hydrogens is 520 g/mol. The van der Waals surface area contributed by atoms with Gasteiger partial charge < -0.3 is 15.5 Å². The van der Waals surface area contributed by atoms with Crippen LogP contribution in [0.3, 0.4) is 0 Å². The van der Waals surface area contributed by atoms with Crippen molar-refractivity contribution >= 4 is 62.3 Å². The molecule has 172 valence electrons. The van der Waals surface area contributed by atoms with Crippen molar-refractivity contribution in [2.75, 3.05) is 10.2 Å². The zero-order chi connectivity index (χ0) is 24.1.